The number of nitrogens with zero attached hydrogens (tertiary/aromatic N) is 3. The largest absolute Gasteiger partial charge is 0.438 e. The highest BCUT2D eigenvalue weighted by Gasteiger charge is 2.62. The third-order valence-corrected chi connectivity index (χ3v) is 6.82. The van der Waals surface area contributed by atoms with Crippen LogP contribution >= 0.6 is 38.9 Å². The van der Waals surface area contributed by atoms with Crippen LogP contribution in [0.25, 0.3) is 22.2 Å². The third-order valence-electron chi connectivity index (χ3n) is 5.26. The first kappa shape index (κ1) is 23.0. The van der Waals surface area contributed by atoms with E-state index in [9.17, 15) is 23.1 Å². The highest BCUT2D eigenvalue weighted by molar-refractivity contribution is 9.10. The fourth-order valence-electron chi connectivity index (χ4n) is 3.53. The first-order valence-corrected chi connectivity index (χ1v) is 11.7. The number of fused-ring (bicyclic) bond motifs is 1. The molecular weight excluding hydrogens is 559 g/mol. The van der Waals surface area contributed by atoms with E-state index in [4.69, 9.17) is 16.0 Å². The van der Waals surface area contributed by atoms with Gasteiger partial charge in [0.05, 0.1) is 23.4 Å². The second-order valence-corrected chi connectivity index (χ2v) is 9.69. The predicted molar refractivity (Wildman–Crippen MR) is 127 cm³/mol. The smallest absolute Gasteiger partial charge is 0.422 e. The van der Waals surface area contributed by atoms with Crippen LogP contribution in [-0.4, -0.2) is 27.7 Å². The number of rotatable bonds is 3. The Morgan fingerprint density at radius 3 is 2.62 bits per heavy atom. The van der Waals surface area contributed by atoms with Gasteiger partial charge in [-0.3, -0.25) is 0 Å². The molecule has 0 saturated carbocycles. The zero-order chi connectivity index (χ0) is 24.3. The number of hydrogen-bond donors (Lipinski definition) is 1. The topological polar surface area (TPSA) is 78.9 Å². The summed E-state index contributed by atoms with van der Waals surface area (Å²) in [7, 11) is 0. The molecule has 0 amide bonds. The minimum absolute atomic E-state index is 0.0170. The number of aliphatic hydroxyl groups is 1. The van der Waals surface area contributed by atoms with Crippen molar-refractivity contribution in [3.63, 3.8) is 0 Å². The van der Waals surface area contributed by atoms with E-state index >= 15 is 0 Å². The molecule has 6 nitrogen and oxygen atoms in total. The van der Waals surface area contributed by atoms with Gasteiger partial charge in [-0.2, -0.15) is 23.3 Å². The maximum absolute atomic E-state index is 14.0. The van der Waals surface area contributed by atoms with E-state index in [0.29, 0.717) is 26.6 Å². The van der Waals surface area contributed by atoms with Crippen molar-refractivity contribution < 1.29 is 22.7 Å². The molecule has 1 aliphatic heterocycles. The molecule has 3 heterocycles. The summed E-state index contributed by atoms with van der Waals surface area (Å²) < 4.78 is 48.0. The van der Waals surface area contributed by atoms with Gasteiger partial charge >= 0.3 is 11.8 Å². The number of halogens is 5. The molecule has 1 atom stereocenters. The number of aromatic nitrogens is 1. The summed E-state index contributed by atoms with van der Waals surface area (Å²) in [6, 6.07) is 12.7. The van der Waals surface area contributed by atoms with Gasteiger partial charge < -0.3 is 9.52 Å². The van der Waals surface area contributed by atoms with Gasteiger partial charge in [-0.1, -0.05) is 39.7 Å². The lowest BCUT2D eigenvalue weighted by Crippen LogP contribution is -2.55. The maximum atomic E-state index is 14.0. The van der Waals surface area contributed by atoms with Crippen LogP contribution in [0.5, 0.6) is 0 Å². The molecule has 2 aromatic carbocycles. The lowest BCUT2D eigenvalue weighted by Gasteiger charge is -2.32. The predicted octanol–water partition coefficient (Wildman–Crippen LogP) is 6.20. The van der Waals surface area contributed by atoms with E-state index in [-0.39, 0.29) is 22.1 Å². The van der Waals surface area contributed by atoms with Gasteiger partial charge in [-0.25, -0.2) is 9.78 Å². The van der Waals surface area contributed by atoms with Crippen molar-refractivity contribution in [2.75, 3.05) is 5.01 Å². The normalized spacial score (nSPS) is 18.5. The van der Waals surface area contributed by atoms with Crippen molar-refractivity contribution >= 4 is 60.7 Å². The average Bonchev–Trinajstić information content (AvgIpc) is 3.39. The zero-order valence-electron chi connectivity index (χ0n) is 16.8. The first-order chi connectivity index (χ1) is 16.0. The second kappa shape index (κ2) is 8.19. The minimum Gasteiger partial charge on any atom is -0.422 e. The number of alkyl halides is 3. The molecule has 1 aliphatic rings. The Morgan fingerprint density at radius 1 is 1.18 bits per heavy atom. The fraction of sp³-hybridized carbons (Fsp3) is 0.136. The standard InChI is InChI=1S/C22H12BrClF3N3O3S/c23-13-3-6-18-12(7-13)8-15(19(31)33-18)17-10-34-20(28-17)30-21(32,22(25,26)27)9-16(29-30)11-1-4-14(24)5-2-11/h1-8,10,32H,9H2/t21-/m1/s1. The van der Waals surface area contributed by atoms with Crippen LogP contribution in [-0.2, 0) is 0 Å². The van der Waals surface area contributed by atoms with E-state index in [1.165, 1.54) is 29.6 Å². The van der Waals surface area contributed by atoms with Crippen LogP contribution in [0.15, 0.2) is 72.7 Å². The number of hydrogen-bond acceptors (Lipinski definition) is 7. The summed E-state index contributed by atoms with van der Waals surface area (Å²) in [5, 5.41) is 17.4. The fourth-order valence-corrected chi connectivity index (χ4v) is 4.87. The Balaban J connectivity index is 1.58. The lowest BCUT2D eigenvalue weighted by molar-refractivity contribution is -0.254. The van der Waals surface area contributed by atoms with E-state index < -0.39 is 23.9 Å². The molecule has 0 radical (unpaired) electrons. The molecule has 0 spiro atoms. The van der Waals surface area contributed by atoms with Gasteiger partial charge in [-0.05, 0) is 42.0 Å². The minimum atomic E-state index is -5.04. The first-order valence-electron chi connectivity index (χ1n) is 9.67. The average molecular weight is 571 g/mol. The van der Waals surface area contributed by atoms with Crippen molar-refractivity contribution in [1.82, 2.24) is 4.98 Å². The summed E-state index contributed by atoms with van der Waals surface area (Å²) in [5.41, 5.74) is -3.06. The van der Waals surface area contributed by atoms with E-state index in [1.807, 2.05) is 0 Å². The molecule has 34 heavy (non-hydrogen) atoms. The molecule has 0 aliphatic carbocycles. The van der Waals surface area contributed by atoms with E-state index in [2.05, 4.69) is 26.0 Å². The zero-order valence-corrected chi connectivity index (χ0v) is 20.0. The van der Waals surface area contributed by atoms with E-state index in [0.717, 1.165) is 15.8 Å². The molecule has 0 saturated heterocycles. The number of hydrazone groups is 1. The highest BCUT2D eigenvalue weighted by atomic mass is 79.9. The molecule has 2 aromatic heterocycles. The van der Waals surface area contributed by atoms with Gasteiger partial charge in [0.25, 0.3) is 5.72 Å². The van der Waals surface area contributed by atoms with Crippen molar-refractivity contribution in [2.45, 2.75) is 18.3 Å². The Labute approximate surface area is 207 Å². The Hall–Kier alpha value is -2.73. The third kappa shape index (κ3) is 3.92. The van der Waals surface area contributed by atoms with Crippen molar-refractivity contribution in [3.8, 4) is 11.3 Å². The summed E-state index contributed by atoms with van der Waals surface area (Å²) in [4.78, 5) is 16.7. The molecule has 5 rings (SSSR count). The van der Waals surface area contributed by atoms with Gasteiger partial charge in [0, 0.05) is 20.3 Å². The van der Waals surface area contributed by atoms with Gasteiger partial charge in [0.2, 0.25) is 5.13 Å². The molecule has 12 heteroatoms. The summed E-state index contributed by atoms with van der Waals surface area (Å²) in [5.74, 6) is 0. The number of benzene rings is 2. The molecule has 0 bridgehead atoms. The quantitative estimate of drug-likeness (QED) is 0.297. The van der Waals surface area contributed by atoms with Crippen molar-refractivity contribution in [1.29, 1.82) is 0 Å². The van der Waals surface area contributed by atoms with Crippen LogP contribution in [0.4, 0.5) is 18.3 Å². The Kier molecular flexibility index (Phi) is 5.55. The van der Waals surface area contributed by atoms with Crippen LogP contribution in [0.3, 0.4) is 0 Å². The molecule has 174 valence electrons. The van der Waals surface area contributed by atoms with Crippen LogP contribution in [0, 0.1) is 0 Å². The summed E-state index contributed by atoms with van der Waals surface area (Å²) >= 11 is 10.0. The Morgan fingerprint density at radius 2 is 1.91 bits per heavy atom. The van der Waals surface area contributed by atoms with Gasteiger partial charge in [0.1, 0.15) is 5.58 Å². The highest BCUT2D eigenvalue weighted by Crippen LogP contribution is 2.45. The van der Waals surface area contributed by atoms with Crippen LogP contribution < -0.4 is 10.6 Å². The monoisotopic (exact) mass is 569 g/mol. The molecule has 0 unspecified atom stereocenters. The van der Waals surface area contributed by atoms with Gasteiger partial charge in [-0.15, -0.1) is 11.3 Å². The van der Waals surface area contributed by atoms with Crippen molar-refractivity contribution in [3.05, 3.63) is 79.4 Å². The number of anilines is 1. The van der Waals surface area contributed by atoms with Crippen LogP contribution in [0.1, 0.15) is 12.0 Å². The van der Waals surface area contributed by atoms with E-state index in [1.54, 1.807) is 24.3 Å². The van der Waals surface area contributed by atoms with Gasteiger partial charge in [0.15, 0.2) is 0 Å². The second-order valence-electron chi connectivity index (χ2n) is 7.50. The SMILES string of the molecule is O=c1oc2ccc(Br)cc2cc1-c1csc(N2N=C(c3ccc(Cl)cc3)C[C@@]2(O)C(F)(F)F)n1. The molecule has 0 fully saturated rings. The summed E-state index contributed by atoms with van der Waals surface area (Å²) in [6.45, 7) is 0. The van der Waals surface area contributed by atoms with Crippen molar-refractivity contribution in [2.24, 2.45) is 5.10 Å². The molecule has 4 aromatic rings. The number of thiazole rings is 1. The maximum Gasteiger partial charge on any atom is 0.438 e. The van der Waals surface area contributed by atoms with Crippen LogP contribution in [0.2, 0.25) is 5.02 Å². The summed E-state index contributed by atoms with van der Waals surface area (Å²) in [6.07, 6.45) is -5.84. The molecular formula is C22H12BrClF3N3O3S. The lowest BCUT2D eigenvalue weighted by atomic mass is 10.0. The Bertz CT molecular complexity index is 1500. The molecule has 1 N–H and O–H groups in total.